The van der Waals surface area contributed by atoms with Crippen LogP contribution in [0, 0.1) is 0 Å². The molecular weight excluding hydrogens is 456 g/mol. The summed E-state index contributed by atoms with van der Waals surface area (Å²) in [5.41, 5.74) is -0.450. The van der Waals surface area contributed by atoms with Crippen LogP contribution < -0.4 is 0 Å². The van der Waals surface area contributed by atoms with Crippen LogP contribution in [0.4, 0.5) is 0 Å². The fourth-order valence-electron chi connectivity index (χ4n) is 1.92. The molecule has 0 heterocycles. The second-order valence-corrected chi connectivity index (χ2v) is 7.60. The Labute approximate surface area is 202 Å². The van der Waals surface area contributed by atoms with Crippen molar-refractivity contribution in [2.24, 2.45) is 0 Å². The summed E-state index contributed by atoms with van der Waals surface area (Å²) in [5, 5.41) is 25.1. The van der Waals surface area contributed by atoms with E-state index in [-0.39, 0.29) is 38.6 Å². The van der Waals surface area contributed by atoms with Crippen LogP contribution in [0.1, 0.15) is 33.6 Å². The van der Waals surface area contributed by atoms with Gasteiger partial charge in [-0.15, -0.1) is 0 Å². The van der Waals surface area contributed by atoms with Crippen LogP contribution in [0.3, 0.4) is 0 Å². The molecule has 0 atom stereocenters. The average molecular weight is 501 g/mol. The molecule has 0 aromatic carbocycles. The van der Waals surface area contributed by atoms with E-state index in [9.17, 15) is 9.59 Å². The molecule has 0 aliphatic heterocycles. The first-order valence-corrected chi connectivity index (χ1v) is 11.3. The molecule has 0 saturated heterocycles. The number of esters is 1. The third-order valence-corrected chi connectivity index (χ3v) is 3.29. The molecule has 204 valence electrons. The van der Waals surface area contributed by atoms with Crippen LogP contribution in [0.15, 0.2) is 0 Å². The van der Waals surface area contributed by atoms with Gasteiger partial charge < -0.3 is 48.5 Å². The lowest BCUT2D eigenvalue weighted by Gasteiger charge is -2.19. The number of aliphatic hydroxyl groups excluding tert-OH is 2. The molecular formula is C22H44O12. The Balaban J connectivity index is 0. The third-order valence-electron chi connectivity index (χ3n) is 3.29. The minimum atomic E-state index is -0.867. The van der Waals surface area contributed by atoms with Crippen molar-refractivity contribution in [2.75, 3.05) is 92.5 Å². The molecule has 0 unspecified atom stereocenters. The molecule has 0 aromatic rings. The van der Waals surface area contributed by atoms with Crippen LogP contribution in [-0.4, -0.2) is 125 Å². The third kappa shape index (κ3) is 35.2. The fourth-order valence-corrected chi connectivity index (χ4v) is 1.92. The van der Waals surface area contributed by atoms with Gasteiger partial charge in [0.15, 0.2) is 0 Å². The van der Waals surface area contributed by atoms with Crippen molar-refractivity contribution in [1.29, 1.82) is 0 Å². The largest absolute Gasteiger partial charge is 0.481 e. The van der Waals surface area contributed by atoms with Gasteiger partial charge in [0.25, 0.3) is 0 Å². The molecule has 0 amide bonds. The van der Waals surface area contributed by atoms with Crippen molar-refractivity contribution < 1.29 is 58.1 Å². The van der Waals surface area contributed by atoms with Gasteiger partial charge in [0.2, 0.25) is 0 Å². The SMILES string of the molecule is CC(C)(C)OC(=O)CCOCCOCCOCCO.O=C(O)CCOCCOCCOCCO. The number of carboxylic acids is 1. The standard InChI is InChI=1S/C13H26O6.C9H18O6/c1-13(2,3)19-12(15)4-6-16-8-10-18-11-9-17-7-5-14;10-2-4-14-6-8-15-7-5-13-3-1-9(11)12/h14H,4-11H2,1-3H3;10H,1-8H2,(H,11,12). The first-order chi connectivity index (χ1) is 16.2. The molecule has 12 heteroatoms. The van der Waals surface area contributed by atoms with Gasteiger partial charge in [0, 0.05) is 0 Å². The second kappa shape index (κ2) is 26.2. The lowest BCUT2D eigenvalue weighted by atomic mass is 10.2. The smallest absolute Gasteiger partial charge is 0.308 e. The average Bonchev–Trinajstić information content (AvgIpc) is 2.75. The molecule has 0 radical (unpaired) electrons. The summed E-state index contributed by atoms with van der Waals surface area (Å²) < 4.78 is 35.6. The van der Waals surface area contributed by atoms with Crippen molar-refractivity contribution in [3.8, 4) is 0 Å². The zero-order valence-corrected chi connectivity index (χ0v) is 20.8. The Morgan fingerprint density at radius 3 is 1.21 bits per heavy atom. The summed E-state index contributed by atoms with van der Waals surface area (Å²) in [5.74, 6) is -1.13. The van der Waals surface area contributed by atoms with E-state index in [1.54, 1.807) is 0 Å². The highest BCUT2D eigenvalue weighted by Gasteiger charge is 2.15. The fraction of sp³-hybridized carbons (Fsp3) is 0.909. The highest BCUT2D eigenvalue weighted by atomic mass is 16.6. The number of hydrogen-bond acceptors (Lipinski definition) is 11. The van der Waals surface area contributed by atoms with Crippen molar-refractivity contribution in [1.82, 2.24) is 0 Å². The molecule has 0 rings (SSSR count). The Hall–Kier alpha value is -1.38. The molecule has 0 spiro atoms. The van der Waals surface area contributed by atoms with Crippen LogP contribution >= 0.6 is 0 Å². The van der Waals surface area contributed by atoms with Gasteiger partial charge in [-0.05, 0) is 20.8 Å². The number of carboxylic acid groups (broad SMARTS) is 1. The van der Waals surface area contributed by atoms with E-state index in [1.807, 2.05) is 20.8 Å². The Bertz CT molecular complexity index is 454. The monoisotopic (exact) mass is 500 g/mol. The number of carbonyl (C=O) groups excluding carboxylic acids is 1. The topological polar surface area (TPSA) is 159 Å². The first kappa shape index (κ1) is 34.8. The van der Waals surface area contributed by atoms with E-state index in [0.717, 1.165) is 0 Å². The lowest BCUT2D eigenvalue weighted by Crippen LogP contribution is -2.24. The van der Waals surface area contributed by atoms with Crippen molar-refractivity contribution in [2.45, 2.75) is 39.2 Å². The van der Waals surface area contributed by atoms with E-state index in [2.05, 4.69) is 0 Å². The van der Waals surface area contributed by atoms with Crippen molar-refractivity contribution >= 4 is 11.9 Å². The summed E-state index contributed by atoms with van der Waals surface area (Å²) >= 11 is 0. The summed E-state index contributed by atoms with van der Waals surface area (Å²) in [7, 11) is 0. The maximum atomic E-state index is 11.3. The molecule has 12 nitrogen and oxygen atoms in total. The Kier molecular flexibility index (Phi) is 26.8. The van der Waals surface area contributed by atoms with Crippen molar-refractivity contribution in [3.05, 3.63) is 0 Å². The van der Waals surface area contributed by atoms with E-state index < -0.39 is 11.6 Å². The van der Waals surface area contributed by atoms with E-state index in [4.69, 9.17) is 48.5 Å². The Morgan fingerprint density at radius 1 is 0.559 bits per heavy atom. The van der Waals surface area contributed by atoms with Gasteiger partial charge >= 0.3 is 11.9 Å². The second-order valence-electron chi connectivity index (χ2n) is 7.60. The minimum Gasteiger partial charge on any atom is -0.481 e. The molecule has 34 heavy (non-hydrogen) atoms. The summed E-state index contributed by atoms with van der Waals surface area (Å²) in [4.78, 5) is 21.4. The molecule has 0 aliphatic rings. The van der Waals surface area contributed by atoms with Crippen LogP contribution in [-0.2, 0) is 42.7 Å². The zero-order chi connectivity index (χ0) is 25.9. The summed E-state index contributed by atoms with van der Waals surface area (Å²) in [6, 6.07) is 0. The van der Waals surface area contributed by atoms with Crippen molar-refractivity contribution in [3.63, 3.8) is 0 Å². The van der Waals surface area contributed by atoms with E-state index in [1.165, 1.54) is 0 Å². The molecule has 0 fully saturated rings. The van der Waals surface area contributed by atoms with Gasteiger partial charge in [0.1, 0.15) is 5.60 Å². The van der Waals surface area contributed by atoms with Gasteiger partial charge in [-0.3, -0.25) is 9.59 Å². The molecule has 0 bridgehead atoms. The lowest BCUT2D eigenvalue weighted by molar-refractivity contribution is -0.156. The quantitative estimate of drug-likeness (QED) is 0.138. The number of rotatable bonds is 22. The predicted octanol–water partition coefficient (Wildman–Crippen LogP) is 0.264. The molecule has 0 aliphatic carbocycles. The van der Waals surface area contributed by atoms with Gasteiger partial charge in [-0.2, -0.15) is 0 Å². The predicted molar refractivity (Wildman–Crippen MR) is 122 cm³/mol. The summed E-state index contributed by atoms with van der Waals surface area (Å²) in [6.07, 6.45) is 0.260. The van der Waals surface area contributed by atoms with E-state index in [0.29, 0.717) is 72.7 Å². The zero-order valence-electron chi connectivity index (χ0n) is 20.8. The highest BCUT2D eigenvalue weighted by molar-refractivity contribution is 5.69. The molecule has 0 saturated carbocycles. The molecule has 0 aromatic heterocycles. The molecule has 3 N–H and O–H groups in total. The normalized spacial score (nSPS) is 11.1. The highest BCUT2D eigenvalue weighted by Crippen LogP contribution is 2.07. The number of hydrogen-bond donors (Lipinski definition) is 3. The maximum Gasteiger partial charge on any atom is 0.308 e. The van der Waals surface area contributed by atoms with Crippen LogP contribution in [0.5, 0.6) is 0 Å². The van der Waals surface area contributed by atoms with E-state index >= 15 is 0 Å². The van der Waals surface area contributed by atoms with Crippen LogP contribution in [0.2, 0.25) is 0 Å². The number of ether oxygens (including phenoxy) is 7. The number of aliphatic hydroxyl groups is 2. The van der Waals surface area contributed by atoms with Gasteiger partial charge in [-0.25, -0.2) is 0 Å². The number of aliphatic carboxylic acids is 1. The van der Waals surface area contributed by atoms with Gasteiger partial charge in [0.05, 0.1) is 105 Å². The Morgan fingerprint density at radius 2 is 0.882 bits per heavy atom. The van der Waals surface area contributed by atoms with Crippen LogP contribution in [0.25, 0.3) is 0 Å². The number of carbonyl (C=O) groups is 2. The summed E-state index contributed by atoms with van der Waals surface area (Å²) in [6.45, 7) is 10.2. The maximum absolute atomic E-state index is 11.3. The van der Waals surface area contributed by atoms with Gasteiger partial charge in [-0.1, -0.05) is 0 Å². The first-order valence-electron chi connectivity index (χ1n) is 11.3. The minimum absolute atomic E-state index is 0.0122.